The fraction of sp³-hybridized carbons (Fsp3) is 0.350. The second-order valence-electron chi connectivity index (χ2n) is 11.9. The lowest BCUT2D eigenvalue weighted by molar-refractivity contribution is 0.475. The summed E-state index contributed by atoms with van der Waals surface area (Å²) in [6.07, 6.45) is 15.1. The van der Waals surface area contributed by atoms with Gasteiger partial charge in [-0.15, -0.1) is 0 Å². The van der Waals surface area contributed by atoms with Crippen molar-refractivity contribution in [3.63, 3.8) is 0 Å². The van der Waals surface area contributed by atoms with Crippen LogP contribution in [0.25, 0.3) is 43.8 Å². The average molecular weight is 559 g/mol. The molecule has 0 aliphatic carbocycles. The first-order valence-corrected chi connectivity index (χ1v) is 16.2. The van der Waals surface area contributed by atoms with Crippen molar-refractivity contribution in [3.05, 3.63) is 96.1 Å². The van der Waals surface area contributed by atoms with Gasteiger partial charge in [0.2, 0.25) is 0 Å². The summed E-state index contributed by atoms with van der Waals surface area (Å²) in [5.41, 5.74) is 7.18. The highest BCUT2D eigenvalue weighted by molar-refractivity contribution is 6.21. The summed E-state index contributed by atoms with van der Waals surface area (Å²) in [7, 11) is 0. The van der Waals surface area contributed by atoms with Gasteiger partial charge in [-0.1, -0.05) is 126 Å². The van der Waals surface area contributed by atoms with E-state index in [1.54, 1.807) is 12.1 Å². The molecule has 2 N–H and O–H groups in total. The largest absolute Gasteiger partial charge is 0.508 e. The fourth-order valence-corrected chi connectivity index (χ4v) is 6.37. The first-order chi connectivity index (χ1) is 20.6. The normalized spacial score (nSPS) is 11.5. The van der Waals surface area contributed by atoms with Crippen LogP contribution in [0.1, 0.15) is 89.2 Å². The van der Waals surface area contributed by atoms with Crippen LogP contribution in [0.2, 0.25) is 0 Å². The van der Waals surface area contributed by atoms with Crippen molar-refractivity contribution in [1.29, 1.82) is 0 Å². The highest BCUT2D eigenvalue weighted by Crippen LogP contribution is 2.45. The number of fused-ring (bicyclic) bond motifs is 2. The summed E-state index contributed by atoms with van der Waals surface area (Å²) < 4.78 is 0. The lowest BCUT2D eigenvalue weighted by Gasteiger charge is -2.18. The van der Waals surface area contributed by atoms with E-state index in [0.717, 1.165) is 56.6 Å². The van der Waals surface area contributed by atoms with Crippen LogP contribution in [0.3, 0.4) is 0 Å². The quantitative estimate of drug-likeness (QED) is 0.105. The van der Waals surface area contributed by atoms with Crippen LogP contribution in [-0.4, -0.2) is 10.2 Å². The van der Waals surface area contributed by atoms with Crippen LogP contribution in [0, 0.1) is 0 Å². The molecule has 0 atom stereocenters. The van der Waals surface area contributed by atoms with E-state index in [1.807, 2.05) is 24.3 Å². The van der Waals surface area contributed by atoms with Gasteiger partial charge in [0.15, 0.2) is 0 Å². The van der Waals surface area contributed by atoms with Gasteiger partial charge in [-0.05, 0) is 105 Å². The van der Waals surface area contributed by atoms with Crippen molar-refractivity contribution < 1.29 is 10.2 Å². The Morgan fingerprint density at radius 3 is 1.17 bits per heavy atom. The maximum absolute atomic E-state index is 10.6. The van der Waals surface area contributed by atoms with E-state index >= 15 is 0 Å². The zero-order valence-corrected chi connectivity index (χ0v) is 25.5. The van der Waals surface area contributed by atoms with Crippen LogP contribution in [0.5, 0.6) is 11.5 Å². The third-order valence-corrected chi connectivity index (χ3v) is 8.71. The van der Waals surface area contributed by atoms with Gasteiger partial charge in [0.05, 0.1) is 0 Å². The molecule has 0 aliphatic heterocycles. The van der Waals surface area contributed by atoms with E-state index in [-0.39, 0.29) is 11.5 Å². The van der Waals surface area contributed by atoms with Crippen molar-refractivity contribution in [2.24, 2.45) is 0 Å². The van der Waals surface area contributed by atoms with E-state index in [4.69, 9.17) is 0 Å². The molecule has 5 aromatic carbocycles. The zero-order valence-electron chi connectivity index (χ0n) is 25.5. The van der Waals surface area contributed by atoms with Gasteiger partial charge in [0.1, 0.15) is 11.5 Å². The van der Waals surface area contributed by atoms with Crippen molar-refractivity contribution in [3.8, 4) is 33.8 Å². The molecule has 2 nitrogen and oxygen atoms in total. The standard InChI is InChI=1S/C40H46O2/c1-3-5-7-9-11-13-29-15-19-31(20-16-29)39-35-25-23-34(42)28-38(35)40(36-26-24-33(41)27-37(36)39)32-21-17-30(18-22-32)14-12-10-8-6-4-2/h15-28,41-42H,3-14H2,1-2H3. The Morgan fingerprint density at radius 1 is 0.405 bits per heavy atom. The molecule has 0 aliphatic rings. The van der Waals surface area contributed by atoms with Crippen molar-refractivity contribution in [2.75, 3.05) is 0 Å². The summed E-state index contributed by atoms with van der Waals surface area (Å²) in [6, 6.07) is 29.3. The van der Waals surface area contributed by atoms with E-state index in [9.17, 15) is 10.2 Å². The SMILES string of the molecule is CCCCCCCc1ccc(-c2c3ccc(O)cc3c(-c3ccc(CCCCCCC)cc3)c3ccc(O)cc23)cc1. The summed E-state index contributed by atoms with van der Waals surface area (Å²) in [5, 5.41) is 25.4. The lowest BCUT2D eigenvalue weighted by Crippen LogP contribution is -1.92. The third kappa shape index (κ3) is 6.98. The summed E-state index contributed by atoms with van der Waals surface area (Å²) >= 11 is 0. The second-order valence-corrected chi connectivity index (χ2v) is 11.9. The summed E-state index contributed by atoms with van der Waals surface area (Å²) in [6.45, 7) is 4.51. The van der Waals surface area contributed by atoms with Crippen LogP contribution < -0.4 is 0 Å². The van der Waals surface area contributed by atoms with Gasteiger partial charge in [-0.25, -0.2) is 0 Å². The van der Waals surface area contributed by atoms with Crippen LogP contribution in [0.4, 0.5) is 0 Å². The topological polar surface area (TPSA) is 40.5 Å². The number of benzene rings is 5. The number of phenols is 2. The molecular weight excluding hydrogens is 512 g/mol. The van der Waals surface area contributed by atoms with E-state index in [2.05, 4.69) is 62.4 Å². The molecule has 42 heavy (non-hydrogen) atoms. The van der Waals surface area contributed by atoms with E-state index in [1.165, 1.54) is 75.3 Å². The number of unbranched alkanes of at least 4 members (excludes halogenated alkanes) is 8. The Kier molecular flexibility index (Phi) is 10.2. The van der Waals surface area contributed by atoms with Gasteiger partial charge < -0.3 is 10.2 Å². The molecule has 0 radical (unpaired) electrons. The van der Waals surface area contributed by atoms with E-state index in [0.29, 0.717) is 0 Å². The maximum Gasteiger partial charge on any atom is 0.116 e. The van der Waals surface area contributed by atoms with Crippen molar-refractivity contribution in [2.45, 2.75) is 90.9 Å². The van der Waals surface area contributed by atoms with Crippen LogP contribution in [0.15, 0.2) is 84.9 Å². The lowest BCUT2D eigenvalue weighted by atomic mass is 9.85. The molecule has 0 fully saturated rings. The molecule has 0 spiro atoms. The van der Waals surface area contributed by atoms with Gasteiger partial charge in [0.25, 0.3) is 0 Å². The predicted molar refractivity (Wildman–Crippen MR) is 181 cm³/mol. The van der Waals surface area contributed by atoms with Crippen molar-refractivity contribution in [1.82, 2.24) is 0 Å². The molecule has 0 bridgehead atoms. The van der Waals surface area contributed by atoms with Crippen LogP contribution in [-0.2, 0) is 12.8 Å². The third-order valence-electron chi connectivity index (χ3n) is 8.71. The van der Waals surface area contributed by atoms with Crippen molar-refractivity contribution >= 4 is 21.5 Å². The van der Waals surface area contributed by atoms with E-state index < -0.39 is 0 Å². The highest BCUT2D eigenvalue weighted by Gasteiger charge is 2.18. The molecule has 0 aromatic heterocycles. The monoisotopic (exact) mass is 558 g/mol. The summed E-state index contributed by atoms with van der Waals surface area (Å²) in [5.74, 6) is 0.518. The smallest absolute Gasteiger partial charge is 0.116 e. The number of hydrogen-bond acceptors (Lipinski definition) is 2. The minimum atomic E-state index is 0.259. The minimum absolute atomic E-state index is 0.259. The molecule has 0 amide bonds. The highest BCUT2D eigenvalue weighted by atomic mass is 16.3. The number of aryl methyl sites for hydroxylation is 2. The number of phenolic OH excluding ortho intramolecular Hbond substituents is 2. The molecule has 0 unspecified atom stereocenters. The molecule has 0 heterocycles. The molecule has 218 valence electrons. The summed E-state index contributed by atoms with van der Waals surface area (Å²) in [4.78, 5) is 0. The molecular formula is C40H46O2. The first-order valence-electron chi connectivity index (χ1n) is 16.2. The number of aromatic hydroxyl groups is 2. The first kappa shape index (κ1) is 29.7. The zero-order chi connectivity index (χ0) is 29.3. The second kappa shape index (κ2) is 14.4. The Bertz CT molecular complexity index is 1470. The molecule has 5 rings (SSSR count). The Balaban J connectivity index is 1.54. The van der Waals surface area contributed by atoms with Gasteiger partial charge in [-0.3, -0.25) is 0 Å². The average Bonchev–Trinajstić information content (AvgIpc) is 3.00. The minimum Gasteiger partial charge on any atom is -0.508 e. The van der Waals surface area contributed by atoms with Gasteiger partial charge >= 0.3 is 0 Å². The number of rotatable bonds is 14. The molecule has 5 aromatic rings. The molecule has 2 heteroatoms. The number of hydrogen-bond donors (Lipinski definition) is 2. The Labute approximate surface area is 252 Å². The van der Waals surface area contributed by atoms with Crippen LogP contribution >= 0.6 is 0 Å². The Morgan fingerprint density at radius 2 is 0.786 bits per heavy atom. The molecule has 0 saturated heterocycles. The fourth-order valence-electron chi connectivity index (χ4n) is 6.37. The maximum atomic E-state index is 10.6. The van der Waals surface area contributed by atoms with Gasteiger partial charge in [-0.2, -0.15) is 0 Å². The molecule has 0 saturated carbocycles. The van der Waals surface area contributed by atoms with Gasteiger partial charge in [0, 0.05) is 0 Å². The predicted octanol–water partition coefficient (Wildman–Crippen LogP) is 11.8. The Hall–Kier alpha value is -3.78.